The molecule has 3 aromatic carbocycles. The zero-order valence-electron chi connectivity index (χ0n) is 20.4. The Kier molecular flexibility index (Phi) is 8.89. The number of nitrogen functional groups attached to an aromatic ring is 1. The zero-order valence-corrected chi connectivity index (χ0v) is 21.2. The van der Waals surface area contributed by atoms with Crippen molar-refractivity contribution < 1.29 is 36.5 Å². The second-order valence-corrected chi connectivity index (χ2v) is 9.07. The molecule has 3 N–H and O–H groups in total. The summed E-state index contributed by atoms with van der Waals surface area (Å²) in [6.07, 6.45) is -1.98. The number of carbonyl (C=O) groups is 1. The van der Waals surface area contributed by atoms with E-state index in [-0.39, 0.29) is 23.2 Å². The molecule has 40 heavy (non-hydrogen) atoms. The van der Waals surface area contributed by atoms with E-state index < -0.39 is 29.6 Å². The minimum Gasteiger partial charge on any atom is -0.406 e. The monoisotopic (exact) mass is 575 g/mol. The Bertz CT molecular complexity index is 1470. The number of carbonyl (C=O) groups excluding carboxylic acids is 1. The van der Waals surface area contributed by atoms with Gasteiger partial charge in [0.05, 0.1) is 6.21 Å². The SMILES string of the molecule is NC(=[NH+]C=Nc1ccc(OC(F)(F)F)cc1)c1ccc(/C=N/N=C2\SCCC(=O)N2c2c(F)cccc2F)cc1. The van der Waals surface area contributed by atoms with E-state index in [9.17, 15) is 26.7 Å². The fourth-order valence-electron chi connectivity index (χ4n) is 3.40. The number of hydrogen-bond donors (Lipinski definition) is 2. The van der Waals surface area contributed by atoms with Crippen molar-refractivity contribution in [2.45, 2.75) is 12.8 Å². The summed E-state index contributed by atoms with van der Waals surface area (Å²) < 4.78 is 69.1. The van der Waals surface area contributed by atoms with E-state index in [1.165, 1.54) is 30.8 Å². The minimum absolute atomic E-state index is 0.0525. The van der Waals surface area contributed by atoms with Crippen LogP contribution in [0.3, 0.4) is 0 Å². The molecule has 0 spiro atoms. The maximum Gasteiger partial charge on any atom is 0.573 e. The molecule has 1 saturated heterocycles. The number of nitrogens with one attached hydrogen (secondary N) is 1. The molecule has 0 bridgehead atoms. The third-order valence-electron chi connectivity index (χ3n) is 5.22. The molecular formula is C26H20F5N6O2S+. The standard InChI is InChI=1S/C26H19F5N6O2S/c27-20-2-1-3-21(28)23(20)37-22(38)12-13-40-25(37)36-35-14-16-4-6-17(7-5-16)24(32)34-15-33-18-8-10-19(11-9-18)39-26(29,30)31/h1-11,14-15H,12-13H2,(H2,32,33,34)/p+1/b35-14+,36-25-. The number of ether oxygens (including phenoxy) is 1. The number of nitrogens with zero attached hydrogens (tertiary/aromatic N) is 4. The molecule has 3 aromatic rings. The molecule has 0 atom stereocenters. The van der Waals surface area contributed by atoms with E-state index >= 15 is 0 Å². The van der Waals surface area contributed by atoms with E-state index in [4.69, 9.17) is 5.73 Å². The van der Waals surface area contributed by atoms with Crippen LogP contribution in [0.25, 0.3) is 0 Å². The molecule has 1 fully saturated rings. The van der Waals surface area contributed by atoms with Gasteiger partial charge in [-0.05, 0) is 54.1 Å². The number of amides is 1. The molecular weight excluding hydrogens is 555 g/mol. The summed E-state index contributed by atoms with van der Waals surface area (Å²) in [5.41, 5.74) is 7.14. The Morgan fingerprint density at radius 1 is 1.02 bits per heavy atom. The molecule has 0 radical (unpaired) electrons. The number of amidine groups is 2. The minimum atomic E-state index is -4.77. The Balaban J connectivity index is 1.41. The molecule has 1 aliphatic heterocycles. The predicted molar refractivity (Wildman–Crippen MR) is 143 cm³/mol. The Morgan fingerprint density at radius 2 is 1.70 bits per heavy atom. The highest BCUT2D eigenvalue weighted by molar-refractivity contribution is 8.14. The van der Waals surface area contributed by atoms with Crippen molar-refractivity contribution in [2.24, 2.45) is 20.9 Å². The topological polar surface area (TPSA) is 107 Å². The van der Waals surface area contributed by atoms with Crippen molar-refractivity contribution in [1.82, 2.24) is 0 Å². The molecule has 0 unspecified atom stereocenters. The Labute approximate surface area is 228 Å². The predicted octanol–water partition coefficient (Wildman–Crippen LogP) is 3.87. The van der Waals surface area contributed by atoms with E-state index in [1.54, 1.807) is 24.3 Å². The maximum absolute atomic E-state index is 14.3. The molecule has 1 aliphatic rings. The highest BCUT2D eigenvalue weighted by Crippen LogP contribution is 2.30. The van der Waals surface area contributed by atoms with Gasteiger partial charge in [-0.1, -0.05) is 30.0 Å². The summed E-state index contributed by atoms with van der Waals surface area (Å²) >= 11 is 1.15. The normalized spacial score (nSPS) is 15.9. The van der Waals surface area contributed by atoms with Crippen LogP contribution >= 0.6 is 11.8 Å². The maximum atomic E-state index is 14.3. The number of rotatable bonds is 7. The van der Waals surface area contributed by atoms with Gasteiger partial charge in [0, 0.05) is 17.7 Å². The van der Waals surface area contributed by atoms with Gasteiger partial charge in [-0.25, -0.2) is 13.8 Å². The van der Waals surface area contributed by atoms with Gasteiger partial charge in [-0.15, -0.1) is 23.3 Å². The molecule has 1 amide bonds. The van der Waals surface area contributed by atoms with Gasteiger partial charge in [0.25, 0.3) is 0 Å². The average Bonchev–Trinajstić information content (AvgIpc) is 2.90. The summed E-state index contributed by atoms with van der Waals surface area (Å²) in [6.45, 7) is 0. The van der Waals surface area contributed by atoms with Crippen LogP contribution in [0.15, 0.2) is 81.9 Å². The van der Waals surface area contributed by atoms with Gasteiger partial charge >= 0.3 is 6.36 Å². The first-order valence-corrected chi connectivity index (χ1v) is 12.5. The van der Waals surface area contributed by atoms with Crippen molar-refractivity contribution in [2.75, 3.05) is 10.7 Å². The molecule has 14 heteroatoms. The highest BCUT2D eigenvalue weighted by Gasteiger charge is 2.32. The van der Waals surface area contributed by atoms with Crippen molar-refractivity contribution in [3.8, 4) is 5.75 Å². The summed E-state index contributed by atoms with van der Waals surface area (Å²) in [4.78, 5) is 20.2. The van der Waals surface area contributed by atoms with Crippen molar-refractivity contribution in [3.05, 3.63) is 89.5 Å². The van der Waals surface area contributed by atoms with Crippen LogP contribution in [-0.4, -0.2) is 41.6 Å². The van der Waals surface area contributed by atoms with E-state index in [2.05, 4.69) is 24.9 Å². The number of hydrogen-bond acceptors (Lipinski definition) is 6. The number of nitrogens with two attached hydrogens (primary N) is 1. The summed E-state index contributed by atoms with van der Waals surface area (Å²) in [7, 11) is 0. The first-order chi connectivity index (χ1) is 19.1. The second kappa shape index (κ2) is 12.5. The van der Waals surface area contributed by atoms with Gasteiger partial charge in [0.1, 0.15) is 28.8 Å². The Morgan fingerprint density at radius 3 is 2.35 bits per heavy atom. The van der Waals surface area contributed by atoms with Gasteiger partial charge in [0.2, 0.25) is 18.1 Å². The second-order valence-electron chi connectivity index (χ2n) is 8.00. The quantitative estimate of drug-likeness (QED) is 0.193. The van der Waals surface area contributed by atoms with Crippen LogP contribution in [0, 0.1) is 11.6 Å². The number of alkyl halides is 3. The fourth-order valence-corrected chi connectivity index (χ4v) is 4.28. The summed E-state index contributed by atoms with van der Waals surface area (Å²) in [5.74, 6) is -1.96. The van der Waals surface area contributed by atoms with Crippen LogP contribution < -0.4 is 20.4 Å². The van der Waals surface area contributed by atoms with E-state index in [1.807, 2.05) is 0 Å². The third-order valence-corrected chi connectivity index (χ3v) is 6.16. The van der Waals surface area contributed by atoms with Gasteiger partial charge < -0.3 is 10.5 Å². The molecule has 4 rings (SSSR count). The first-order valence-electron chi connectivity index (χ1n) is 11.5. The number of thioether (sulfide) groups is 1. The molecule has 0 aliphatic carbocycles. The lowest BCUT2D eigenvalue weighted by molar-refractivity contribution is -0.303. The van der Waals surface area contributed by atoms with Crippen LogP contribution in [0.2, 0.25) is 0 Å². The van der Waals surface area contributed by atoms with Crippen LogP contribution in [0.4, 0.5) is 33.3 Å². The third kappa shape index (κ3) is 7.50. The first kappa shape index (κ1) is 28.4. The lowest BCUT2D eigenvalue weighted by atomic mass is 10.1. The number of para-hydroxylation sites is 1. The van der Waals surface area contributed by atoms with E-state index in [0.717, 1.165) is 40.9 Å². The zero-order chi connectivity index (χ0) is 28.7. The van der Waals surface area contributed by atoms with Gasteiger partial charge in [-0.3, -0.25) is 9.69 Å². The van der Waals surface area contributed by atoms with E-state index in [0.29, 0.717) is 22.6 Å². The lowest BCUT2D eigenvalue weighted by Gasteiger charge is -2.27. The number of halogens is 5. The smallest absolute Gasteiger partial charge is 0.406 e. The largest absolute Gasteiger partial charge is 0.573 e. The molecule has 8 nitrogen and oxygen atoms in total. The van der Waals surface area contributed by atoms with Crippen molar-refractivity contribution in [3.63, 3.8) is 0 Å². The highest BCUT2D eigenvalue weighted by atomic mass is 32.2. The van der Waals surface area contributed by atoms with Gasteiger partial charge in [-0.2, -0.15) is 5.10 Å². The molecule has 0 aromatic heterocycles. The van der Waals surface area contributed by atoms with Crippen LogP contribution in [0.1, 0.15) is 17.5 Å². The summed E-state index contributed by atoms with van der Waals surface area (Å²) in [6, 6.07) is 15.1. The number of aliphatic imine (C=N–C) groups is 1. The molecule has 206 valence electrons. The average molecular weight is 576 g/mol. The number of benzene rings is 3. The van der Waals surface area contributed by atoms with Crippen molar-refractivity contribution >= 4 is 52.6 Å². The van der Waals surface area contributed by atoms with Crippen LogP contribution in [-0.2, 0) is 4.79 Å². The van der Waals surface area contributed by atoms with Gasteiger partial charge in [0.15, 0.2) is 5.17 Å². The summed E-state index contributed by atoms with van der Waals surface area (Å²) in [5, 5.41) is 8.04. The lowest BCUT2D eigenvalue weighted by Crippen LogP contribution is -2.74. The van der Waals surface area contributed by atoms with Crippen molar-refractivity contribution in [1.29, 1.82) is 0 Å². The van der Waals surface area contributed by atoms with Crippen LogP contribution in [0.5, 0.6) is 5.75 Å². The number of anilines is 1. The Hall–Kier alpha value is -4.59. The molecule has 1 heterocycles. The fraction of sp³-hybridized carbons (Fsp3) is 0.115. The molecule has 0 saturated carbocycles.